The van der Waals surface area contributed by atoms with Gasteiger partial charge in [0.05, 0.1) is 18.2 Å². The molecule has 0 saturated carbocycles. The highest BCUT2D eigenvalue weighted by Gasteiger charge is 2.29. The van der Waals surface area contributed by atoms with E-state index in [2.05, 4.69) is 21.2 Å². The number of benzene rings is 2. The van der Waals surface area contributed by atoms with E-state index in [0.29, 0.717) is 12.1 Å². The van der Waals surface area contributed by atoms with E-state index >= 15 is 0 Å². The lowest BCUT2D eigenvalue weighted by atomic mass is 9.96. The van der Waals surface area contributed by atoms with Gasteiger partial charge in [-0.3, -0.25) is 4.79 Å². The number of hydrogen-bond donors (Lipinski definition) is 1. The first-order chi connectivity index (χ1) is 10.1. The zero-order valence-corrected chi connectivity index (χ0v) is 13.0. The second-order valence-corrected chi connectivity index (χ2v) is 5.95. The van der Waals surface area contributed by atoms with Gasteiger partial charge in [-0.25, -0.2) is 4.39 Å². The second-order valence-electron chi connectivity index (χ2n) is 5.04. The molecule has 3 nitrogen and oxygen atoms in total. The molecule has 2 aromatic rings. The molecule has 0 aliphatic carbocycles. The van der Waals surface area contributed by atoms with E-state index in [1.165, 1.54) is 6.07 Å². The summed E-state index contributed by atoms with van der Waals surface area (Å²) in [7, 11) is 1.76. The Labute approximate surface area is 130 Å². The highest BCUT2D eigenvalue weighted by Crippen LogP contribution is 2.36. The Kier molecular flexibility index (Phi) is 3.68. The SMILES string of the molecule is CN1C(=O)CC(Nc2cc(Br)ccc2F)c2ccccc21. The molecule has 3 rings (SSSR count). The van der Waals surface area contributed by atoms with Crippen molar-refractivity contribution in [3.05, 3.63) is 58.3 Å². The molecule has 0 radical (unpaired) electrons. The summed E-state index contributed by atoms with van der Waals surface area (Å²) < 4.78 is 14.7. The first-order valence-electron chi connectivity index (χ1n) is 6.63. The van der Waals surface area contributed by atoms with E-state index in [1.807, 2.05) is 24.3 Å². The number of rotatable bonds is 2. The number of para-hydroxylation sites is 1. The largest absolute Gasteiger partial charge is 0.375 e. The lowest BCUT2D eigenvalue weighted by Gasteiger charge is -2.32. The van der Waals surface area contributed by atoms with Crippen molar-refractivity contribution in [3.8, 4) is 0 Å². The molecule has 1 heterocycles. The van der Waals surface area contributed by atoms with Crippen molar-refractivity contribution < 1.29 is 9.18 Å². The zero-order valence-electron chi connectivity index (χ0n) is 11.4. The van der Waals surface area contributed by atoms with Crippen molar-refractivity contribution in [2.45, 2.75) is 12.5 Å². The van der Waals surface area contributed by atoms with Crippen molar-refractivity contribution in [2.75, 3.05) is 17.3 Å². The van der Waals surface area contributed by atoms with Crippen LogP contribution in [0.1, 0.15) is 18.0 Å². The summed E-state index contributed by atoms with van der Waals surface area (Å²) in [6.45, 7) is 0. The molecule has 2 aromatic carbocycles. The van der Waals surface area contributed by atoms with Crippen LogP contribution in [0.25, 0.3) is 0 Å². The van der Waals surface area contributed by atoms with Gasteiger partial charge in [0.25, 0.3) is 0 Å². The molecule has 0 spiro atoms. The number of hydrogen-bond acceptors (Lipinski definition) is 2. The van der Waals surface area contributed by atoms with Crippen LogP contribution in [0.15, 0.2) is 46.9 Å². The minimum Gasteiger partial charge on any atom is -0.375 e. The summed E-state index contributed by atoms with van der Waals surface area (Å²) in [6.07, 6.45) is 0.305. The second kappa shape index (κ2) is 5.48. The minimum atomic E-state index is -0.331. The van der Waals surface area contributed by atoms with Gasteiger partial charge in [-0.2, -0.15) is 0 Å². The van der Waals surface area contributed by atoms with Crippen molar-refractivity contribution >= 4 is 33.2 Å². The monoisotopic (exact) mass is 348 g/mol. The van der Waals surface area contributed by atoms with Crippen LogP contribution in [-0.2, 0) is 4.79 Å². The fraction of sp³-hybridized carbons (Fsp3) is 0.188. The van der Waals surface area contributed by atoms with Crippen molar-refractivity contribution in [3.63, 3.8) is 0 Å². The number of fused-ring (bicyclic) bond motifs is 1. The predicted octanol–water partition coefficient (Wildman–Crippen LogP) is 4.11. The number of anilines is 2. The molecule has 0 fully saturated rings. The summed E-state index contributed by atoms with van der Waals surface area (Å²) in [5.74, 6) is -0.316. The van der Waals surface area contributed by atoms with Gasteiger partial charge in [-0.05, 0) is 29.8 Å². The van der Waals surface area contributed by atoms with Crippen LogP contribution in [0.3, 0.4) is 0 Å². The molecule has 21 heavy (non-hydrogen) atoms. The number of carbonyl (C=O) groups is 1. The van der Waals surface area contributed by atoms with Gasteiger partial charge >= 0.3 is 0 Å². The molecule has 1 aliphatic heterocycles. The molecular weight excluding hydrogens is 335 g/mol. The first-order valence-corrected chi connectivity index (χ1v) is 7.42. The van der Waals surface area contributed by atoms with E-state index < -0.39 is 0 Å². The molecule has 1 N–H and O–H groups in total. The molecule has 0 aromatic heterocycles. The highest BCUT2D eigenvalue weighted by molar-refractivity contribution is 9.10. The van der Waals surface area contributed by atoms with Crippen LogP contribution in [0.4, 0.5) is 15.8 Å². The van der Waals surface area contributed by atoms with Crippen LogP contribution in [0.5, 0.6) is 0 Å². The first kappa shape index (κ1) is 14.1. The molecule has 1 aliphatic rings. The smallest absolute Gasteiger partial charge is 0.229 e. The number of halogens is 2. The molecule has 0 bridgehead atoms. The average molecular weight is 349 g/mol. The minimum absolute atomic E-state index is 0.0154. The highest BCUT2D eigenvalue weighted by atomic mass is 79.9. The summed E-state index contributed by atoms with van der Waals surface area (Å²) in [4.78, 5) is 13.7. The van der Waals surface area contributed by atoms with Gasteiger partial charge < -0.3 is 10.2 Å². The molecule has 108 valence electrons. The molecule has 0 saturated heterocycles. The Morgan fingerprint density at radius 1 is 1.29 bits per heavy atom. The number of amides is 1. The summed E-state index contributed by atoms with van der Waals surface area (Å²) in [6, 6.07) is 12.2. The molecule has 1 amide bonds. The van der Waals surface area contributed by atoms with Gasteiger partial charge in [-0.15, -0.1) is 0 Å². The Balaban J connectivity index is 1.98. The van der Waals surface area contributed by atoms with E-state index in [4.69, 9.17) is 0 Å². The topological polar surface area (TPSA) is 32.3 Å². The summed E-state index contributed by atoms with van der Waals surface area (Å²) in [5, 5.41) is 3.14. The summed E-state index contributed by atoms with van der Waals surface area (Å²) in [5.41, 5.74) is 2.25. The Hall–Kier alpha value is -1.88. The fourth-order valence-corrected chi connectivity index (χ4v) is 2.93. The Morgan fingerprint density at radius 3 is 2.86 bits per heavy atom. The van der Waals surface area contributed by atoms with Gasteiger partial charge in [0.2, 0.25) is 5.91 Å². The Morgan fingerprint density at radius 2 is 2.05 bits per heavy atom. The normalized spacial score (nSPS) is 17.6. The number of nitrogens with zero attached hydrogens (tertiary/aromatic N) is 1. The maximum absolute atomic E-state index is 13.9. The molecule has 1 atom stereocenters. The van der Waals surface area contributed by atoms with E-state index in [0.717, 1.165) is 15.7 Å². The fourth-order valence-electron chi connectivity index (χ4n) is 2.57. The summed E-state index contributed by atoms with van der Waals surface area (Å²) >= 11 is 3.33. The molecular formula is C16H14BrFN2O. The van der Waals surface area contributed by atoms with E-state index in [9.17, 15) is 9.18 Å². The van der Waals surface area contributed by atoms with Crippen molar-refractivity contribution in [2.24, 2.45) is 0 Å². The average Bonchev–Trinajstić information content (AvgIpc) is 2.48. The van der Waals surface area contributed by atoms with Crippen molar-refractivity contribution in [1.29, 1.82) is 0 Å². The number of carbonyl (C=O) groups excluding carboxylic acids is 1. The number of nitrogens with one attached hydrogen (secondary N) is 1. The molecule has 5 heteroatoms. The van der Waals surface area contributed by atoms with Crippen LogP contribution in [0, 0.1) is 5.82 Å². The van der Waals surface area contributed by atoms with Crippen molar-refractivity contribution in [1.82, 2.24) is 0 Å². The lowest BCUT2D eigenvalue weighted by Crippen LogP contribution is -2.35. The van der Waals surface area contributed by atoms with Gasteiger partial charge in [0.15, 0.2) is 0 Å². The third kappa shape index (κ3) is 2.65. The van der Waals surface area contributed by atoms with Gasteiger partial charge in [0.1, 0.15) is 5.82 Å². The molecule has 1 unspecified atom stereocenters. The van der Waals surface area contributed by atoms with Gasteiger partial charge in [-0.1, -0.05) is 34.1 Å². The van der Waals surface area contributed by atoms with Crippen LogP contribution in [0.2, 0.25) is 0 Å². The zero-order chi connectivity index (χ0) is 15.0. The quantitative estimate of drug-likeness (QED) is 0.885. The maximum atomic E-state index is 13.9. The third-order valence-electron chi connectivity index (χ3n) is 3.68. The maximum Gasteiger partial charge on any atom is 0.229 e. The third-order valence-corrected chi connectivity index (χ3v) is 4.18. The van der Waals surface area contributed by atoms with E-state index in [1.54, 1.807) is 24.1 Å². The standard InChI is InChI=1S/C16H14BrFN2O/c1-20-15-5-3-2-4-11(15)13(9-16(20)21)19-14-8-10(17)6-7-12(14)18/h2-8,13,19H,9H2,1H3. The van der Waals surface area contributed by atoms with Crippen LogP contribution < -0.4 is 10.2 Å². The van der Waals surface area contributed by atoms with E-state index in [-0.39, 0.29) is 17.8 Å². The van der Waals surface area contributed by atoms with Crippen LogP contribution in [-0.4, -0.2) is 13.0 Å². The Bertz CT molecular complexity index is 704. The van der Waals surface area contributed by atoms with Crippen LogP contribution >= 0.6 is 15.9 Å². The van der Waals surface area contributed by atoms with Gasteiger partial charge in [0, 0.05) is 17.2 Å². The lowest BCUT2D eigenvalue weighted by molar-refractivity contribution is -0.118. The predicted molar refractivity (Wildman–Crippen MR) is 84.9 cm³/mol.